The van der Waals surface area contributed by atoms with Crippen molar-refractivity contribution < 1.29 is 34.3 Å². The number of benzene rings is 2. The van der Waals surface area contributed by atoms with Gasteiger partial charge in [0, 0.05) is 0 Å². The van der Waals surface area contributed by atoms with Gasteiger partial charge in [0.15, 0.2) is 0 Å². The molecule has 0 heterocycles. The zero-order valence-corrected chi connectivity index (χ0v) is 17.3. The van der Waals surface area contributed by atoms with E-state index in [0.29, 0.717) is 0 Å². The summed E-state index contributed by atoms with van der Waals surface area (Å²) in [5.41, 5.74) is 0. The van der Waals surface area contributed by atoms with Crippen LogP contribution in [0, 0.1) is 31.4 Å². The van der Waals surface area contributed by atoms with Gasteiger partial charge in [-0.1, -0.05) is 0 Å². The van der Waals surface area contributed by atoms with E-state index in [1.165, 1.54) is 15.2 Å². The Morgan fingerprint density at radius 2 is 1.27 bits per heavy atom. The minimum absolute atomic E-state index is 1.05. The van der Waals surface area contributed by atoms with Crippen molar-refractivity contribution in [2.45, 2.75) is 13.8 Å². The van der Waals surface area contributed by atoms with Gasteiger partial charge in [-0.05, 0) is 0 Å². The van der Waals surface area contributed by atoms with Crippen molar-refractivity contribution in [2.24, 2.45) is 0 Å². The van der Waals surface area contributed by atoms with Crippen LogP contribution in [0.25, 0.3) is 10.8 Å². The molecule has 0 N–H and O–H groups in total. The van der Waals surface area contributed by atoms with Crippen LogP contribution >= 0.6 is 0 Å². The van der Waals surface area contributed by atoms with Crippen LogP contribution in [0.1, 0.15) is 13.8 Å². The maximum absolute atomic E-state index is 7.50. The molecule has 0 saturated heterocycles. The van der Waals surface area contributed by atoms with E-state index < -0.39 is 0 Å². The Morgan fingerprint density at radius 1 is 0.846 bits per heavy atom. The van der Waals surface area contributed by atoms with Gasteiger partial charge < -0.3 is 0 Å². The number of hydrogen-bond donors (Lipinski definition) is 0. The van der Waals surface area contributed by atoms with Gasteiger partial charge in [-0.15, -0.1) is 0 Å². The van der Waals surface area contributed by atoms with E-state index in [1.807, 2.05) is 0 Å². The van der Waals surface area contributed by atoms with E-state index >= 15 is 0 Å². The molecule has 0 spiro atoms. The first kappa shape index (κ1) is 32.2. The minimum atomic E-state index is 1.05. The third-order valence-electron chi connectivity index (χ3n) is 2.64. The fraction of sp³-hybridized carbons (Fsp3) is 0.211. The van der Waals surface area contributed by atoms with Gasteiger partial charge in [0.05, 0.1) is 0 Å². The summed E-state index contributed by atoms with van der Waals surface area (Å²) >= 11 is 5.77. The van der Waals surface area contributed by atoms with Crippen LogP contribution in [0.4, 0.5) is 0 Å². The molecule has 2 aromatic carbocycles. The second kappa shape index (κ2) is 28.3. The van der Waals surface area contributed by atoms with Crippen LogP contribution < -0.4 is 4.46 Å². The van der Waals surface area contributed by atoms with Crippen molar-refractivity contribution >= 4 is 31.2 Å². The molecule has 26 heavy (non-hydrogen) atoms. The topological polar surface area (TPSA) is 82.8 Å². The number of fused-ring (bicyclic) bond motifs is 1. The van der Waals surface area contributed by atoms with Crippen LogP contribution in [0.5, 0.6) is 0 Å². The standard InChI is InChI=1S/C10H7Se.C5H10N.4CO.Cr/c11-10-7-3-5-8-4-1-2-6-9(8)10;1-4-6(3)5-2;4*1-2;/h1-7H;4-5H2,1-2H3;;;;;. The molecule has 0 aliphatic carbocycles. The second-order valence-corrected chi connectivity index (χ2v) is 4.95. The molecule has 134 valence electrons. The van der Waals surface area contributed by atoms with Crippen molar-refractivity contribution in [1.82, 2.24) is 4.90 Å². The molecule has 2 rings (SSSR count). The van der Waals surface area contributed by atoms with Crippen molar-refractivity contribution in [1.29, 1.82) is 0 Å². The molecular weight excluding hydrogens is 437 g/mol. The monoisotopic (exact) mass is 455 g/mol. The van der Waals surface area contributed by atoms with Crippen molar-refractivity contribution in [3.05, 3.63) is 69.1 Å². The first-order valence-electron chi connectivity index (χ1n) is 6.82. The Morgan fingerprint density at radius 3 is 1.62 bits per heavy atom. The normalized spacial score (nSPS) is 7.00. The number of hydrogen-bond acceptors (Lipinski definition) is 1. The first-order chi connectivity index (χ1) is 12.7. The Bertz CT molecular complexity index is 672. The second-order valence-electron chi connectivity index (χ2n) is 3.74. The van der Waals surface area contributed by atoms with Gasteiger partial charge in [0.25, 0.3) is 0 Å². The van der Waals surface area contributed by atoms with E-state index in [-0.39, 0.29) is 0 Å². The third-order valence-corrected chi connectivity index (χ3v) is 3.79. The predicted molar refractivity (Wildman–Crippen MR) is 91.9 cm³/mol. The molecular formula is C19H17CrNO4Se. The zero-order chi connectivity index (χ0) is 21.4. The summed E-state index contributed by atoms with van der Waals surface area (Å²) in [6.45, 7) is 24.3. The van der Waals surface area contributed by atoms with Gasteiger partial charge >= 0.3 is 171 Å². The molecule has 0 atom stereocenters. The average molecular weight is 454 g/mol. The van der Waals surface area contributed by atoms with E-state index in [0.717, 1.165) is 13.1 Å². The number of nitrogens with zero attached hydrogens (tertiary/aromatic N) is 1. The van der Waals surface area contributed by atoms with Crippen LogP contribution in [0.15, 0.2) is 42.5 Å². The van der Waals surface area contributed by atoms with E-state index in [9.17, 15) is 0 Å². The molecule has 0 aliphatic rings. The average Bonchev–Trinajstić information content (AvgIpc) is 2.76. The van der Waals surface area contributed by atoms with Crippen molar-refractivity contribution in [3.8, 4) is 4.81 Å². The fourth-order valence-corrected chi connectivity index (χ4v) is 2.51. The summed E-state index contributed by atoms with van der Waals surface area (Å²) in [6.07, 6.45) is 0. The van der Waals surface area contributed by atoms with Gasteiger partial charge in [0.2, 0.25) is 0 Å². The first-order valence-corrected chi connectivity index (χ1v) is 8.31. The quantitative estimate of drug-likeness (QED) is 0.297. The summed E-state index contributed by atoms with van der Waals surface area (Å²) in [7, 11) is 0. The van der Waals surface area contributed by atoms with Gasteiger partial charge in [-0.3, -0.25) is 0 Å². The number of rotatable bonds is 2. The molecule has 2 aromatic rings. The Hall–Kier alpha value is -1.55. The molecule has 7 heteroatoms. The van der Waals surface area contributed by atoms with Crippen molar-refractivity contribution in [3.63, 3.8) is 0 Å². The van der Waals surface area contributed by atoms with Gasteiger partial charge in [0.1, 0.15) is 0 Å². The van der Waals surface area contributed by atoms with Crippen molar-refractivity contribution in [2.75, 3.05) is 13.1 Å². The summed E-state index contributed by atoms with van der Waals surface area (Å²) < 4.78 is 31.2. The van der Waals surface area contributed by atoms with E-state index in [2.05, 4.69) is 124 Å². The maximum atomic E-state index is 7.50. The molecule has 0 aromatic heterocycles. The molecule has 0 bridgehead atoms. The Labute approximate surface area is 171 Å². The molecule has 0 saturated carbocycles. The molecule has 0 aliphatic heterocycles. The predicted octanol–water partition coefficient (Wildman–Crippen LogP) is 2.28. The van der Waals surface area contributed by atoms with Crippen LogP contribution in [-0.2, 0) is 34.3 Å². The van der Waals surface area contributed by atoms with E-state index in [1.54, 1.807) is 0 Å². The SMILES string of the molecule is CCN([C]#[Cr])CC.[C-]#[O+].[C-]#[O+].[C-]#[O+].[C-]#[O+].[Se]c1cccc2ccccc12. The van der Waals surface area contributed by atoms with Gasteiger partial charge in [-0.25, -0.2) is 0 Å². The van der Waals surface area contributed by atoms with Gasteiger partial charge in [-0.2, -0.15) is 0 Å². The Kier molecular flexibility index (Phi) is 34.9. The third kappa shape index (κ3) is 15.9. The van der Waals surface area contributed by atoms with Crippen LogP contribution in [0.2, 0.25) is 0 Å². The van der Waals surface area contributed by atoms with Crippen LogP contribution in [0.3, 0.4) is 0 Å². The summed E-state index contributed by atoms with van der Waals surface area (Å²) in [5.74, 6) is 0. The fourth-order valence-electron chi connectivity index (χ4n) is 1.55. The van der Waals surface area contributed by atoms with E-state index in [4.69, 9.17) is 18.6 Å². The molecule has 5 nitrogen and oxygen atoms in total. The summed E-state index contributed by atoms with van der Waals surface area (Å²) in [4.78, 5) is 4.98. The molecule has 1 radical (unpaired) electrons. The zero-order valence-electron chi connectivity index (χ0n) is 14.4. The Balaban J connectivity index is -0.000000141. The molecule has 0 unspecified atom stereocenters. The molecule has 0 fully saturated rings. The summed E-state index contributed by atoms with van der Waals surface area (Å²) in [5, 5.41) is 2.60. The molecule has 0 amide bonds. The van der Waals surface area contributed by atoms with Crippen LogP contribution in [-0.4, -0.2) is 34.0 Å². The summed E-state index contributed by atoms with van der Waals surface area (Å²) in [6, 6.07) is 14.6.